The number of pyridine rings is 1. The first-order valence-corrected chi connectivity index (χ1v) is 5.60. The van der Waals surface area contributed by atoms with Crippen molar-refractivity contribution in [3.8, 4) is 6.07 Å². The second-order valence-electron chi connectivity index (χ2n) is 3.63. The van der Waals surface area contributed by atoms with Crippen molar-refractivity contribution in [3.05, 3.63) is 58.6 Å². The van der Waals surface area contributed by atoms with Crippen LogP contribution >= 0.6 is 11.6 Å². The molecule has 1 aromatic carbocycles. The average Bonchev–Trinajstić information content (AvgIpc) is 2.39. The van der Waals surface area contributed by atoms with Gasteiger partial charge in [0.15, 0.2) is 0 Å². The third kappa shape index (κ3) is 2.76. The Balaban J connectivity index is 2.12. The van der Waals surface area contributed by atoms with Gasteiger partial charge in [-0.15, -0.1) is 0 Å². The van der Waals surface area contributed by atoms with Gasteiger partial charge < -0.3 is 5.32 Å². The first kappa shape index (κ1) is 12.3. The average molecular weight is 262 g/mol. The van der Waals surface area contributed by atoms with Gasteiger partial charge in [0.1, 0.15) is 5.82 Å². The minimum atomic E-state index is -0.459. The summed E-state index contributed by atoms with van der Waals surface area (Å²) in [5.41, 5.74) is 1.46. The lowest BCUT2D eigenvalue weighted by atomic mass is 10.2. The molecule has 2 rings (SSSR count). The minimum Gasteiger partial charge on any atom is -0.379 e. The van der Waals surface area contributed by atoms with Crippen LogP contribution in [0.4, 0.5) is 10.1 Å². The van der Waals surface area contributed by atoms with Crippen LogP contribution in [0.15, 0.2) is 36.7 Å². The van der Waals surface area contributed by atoms with Crippen LogP contribution in [0.1, 0.15) is 11.1 Å². The van der Waals surface area contributed by atoms with Crippen molar-refractivity contribution in [2.24, 2.45) is 0 Å². The van der Waals surface area contributed by atoms with Crippen molar-refractivity contribution in [1.29, 1.82) is 5.26 Å². The lowest BCUT2D eigenvalue weighted by Gasteiger charge is -2.08. The molecule has 2 aromatic rings. The maximum Gasteiger partial charge on any atom is 0.147 e. The summed E-state index contributed by atoms with van der Waals surface area (Å²) in [6.45, 7) is 0.393. The molecule has 0 saturated heterocycles. The van der Waals surface area contributed by atoms with Crippen LogP contribution in [0, 0.1) is 17.1 Å². The van der Waals surface area contributed by atoms with Gasteiger partial charge in [0.2, 0.25) is 0 Å². The molecule has 0 radical (unpaired) electrons. The fourth-order valence-electron chi connectivity index (χ4n) is 1.47. The van der Waals surface area contributed by atoms with Crippen LogP contribution in [0.2, 0.25) is 5.02 Å². The zero-order chi connectivity index (χ0) is 13.0. The molecule has 5 heteroatoms. The Kier molecular flexibility index (Phi) is 3.75. The minimum absolute atomic E-state index is 0.292. The number of halogens is 2. The predicted molar refractivity (Wildman–Crippen MR) is 67.7 cm³/mol. The molecule has 0 atom stereocenters. The molecule has 1 N–H and O–H groups in total. The number of nitrogens with one attached hydrogen (secondary N) is 1. The molecule has 1 heterocycles. The number of aromatic nitrogens is 1. The standard InChI is InChI=1S/C13H9ClFN3/c14-11-8-17-4-3-10(11)7-18-13-2-1-9(6-16)5-12(13)15/h1-5,8,18H,7H2. The van der Waals surface area contributed by atoms with Gasteiger partial charge in [-0.25, -0.2) is 4.39 Å². The molecule has 0 saturated carbocycles. The molecule has 1 aromatic heterocycles. The number of benzene rings is 1. The van der Waals surface area contributed by atoms with Crippen LogP contribution in [-0.2, 0) is 6.54 Å². The van der Waals surface area contributed by atoms with E-state index in [4.69, 9.17) is 16.9 Å². The third-order valence-electron chi connectivity index (χ3n) is 2.42. The maximum atomic E-state index is 13.6. The van der Waals surface area contributed by atoms with Gasteiger partial charge in [0.05, 0.1) is 22.3 Å². The summed E-state index contributed by atoms with van der Waals surface area (Å²) in [6.07, 6.45) is 3.16. The lowest BCUT2D eigenvalue weighted by Crippen LogP contribution is -2.02. The van der Waals surface area contributed by atoms with Gasteiger partial charge in [-0.2, -0.15) is 5.26 Å². The van der Waals surface area contributed by atoms with Gasteiger partial charge in [0.25, 0.3) is 0 Å². The Bertz CT molecular complexity index is 607. The maximum absolute atomic E-state index is 13.6. The highest BCUT2D eigenvalue weighted by molar-refractivity contribution is 6.31. The molecular weight excluding hydrogens is 253 g/mol. The van der Waals surface area contributed by atoms with E-state index < -0.39 is 5.82 Å². The molecule has 18 heavy (non-hydrogen) atoms. The van der Waals surface area contributed by atoms with Crippen molar-refractivity contribution in [2.45, 2.75) is 6.54 Å². The molecule has 0 aliphatic carbocycles. The Morgan fingerprint density at radius 3 is 2.89 bits per heavy atom. The van der Waals surface area contributed by atoms with E-state index in [0.717, 1.165) is 5.56 Å². The number of rotatable bonds is 3. The van der Waals surface area contributed by atoms with Gasteiger partial charge in [0, 0.05) is 18.9 Å². The molecule has 0 amide bonds. The van der Waals surface area contributed by atoms with Crippen molar-refractivity contribution in [3.63, 3.8) is 0 Å². The molecule has 0 aliphatic heterocycles. The topological polar surface area (TPSA) is 48.7 Å². The summed E-state index contributed by atoms with van der Waals surface area (Å²) in [5, 5.41) is 12.1. The SMILES string of the molecule is N#Cc1ccc(NCc2ccncc2Cl)c(F)c1. The van der Waals surface area contributed by atoms with Crippen LogP contribution in [0.3, 0.4) is 0 Å². The zero-order valence-corrected chi connectivity index (χ0v) is 10.1. The van der Waals surface area contributed by atoms with E-state index >= 15 is 0 Å². The number of nitrogens with zero attached hydrogens (tertiary/aromatic N) is 2. The predicted octanol–water partition coefficient (Wildman–Crippen LogP) is 3.36. The first-order valence-electron chi connectivity index (χ1n) is 5.22. The van der Waals surface area contributed by atoms with E-state index in [9.17, 15) is 4.39 Å². The van der Waals surface area contributed by atoms with Crippen LogP contribution in [-0.4, -0.2) is 4.98 Å². The Morgan fingerprint density at radius 1 is 1.39 bits per heavy atom. The van der Waals surface area contributed by atoms with Crippen LogP contribution < -0.4 is 5.32 Å². The molecule has 3 nitrogen and oxygen atoms in total. The van der Waals surface area contributed by atoms with Crippen molar-refractivity contribution < 1.29 is 4.39 Å². The van der Waals surface area contributed by atoms with Crippen molar-refractivity contribution in [2.75, 3.05) is 5.32 Å². The molecule has 90 valence electrons. The number of hydrogen-bond acceptors (Lipinski definition) is 3. The summed E-state index contributed by atoms with van der Waals surface area (Å²) in [6, 6.07) is 7.92. The smallest absolute Gasteiger partial charge is 0.147 e. The highest BCUT2D eigenvalue weighted by atomic mass is 35.5. The molecule has 0 spiro atoms. The number of hydrogen-bond donors (Lipinski definition) is 1. The van der Waals surface area contributed by atoms with E-state index in [-0.39, 0.29) is 0 Å². The van der Waals surface area contributed by atoms with Gasteiger partial charge in [-0.3, -0.25) is 4.98 Å². The Hall–Kier alpha value is -2.12. The van der Waals surface area contributed by atoms with E-state index in [2.05, 4.69) is 10.3 Å². The van der Waals surface area contributed by atoms with Crippen molar-refractivity contribution >= 4 is 17.3 Å². The summed E-state index contributed by atoms with van der Waals surface area (Å²) < 4.78 is 13.6. The van der Waals surface area contributed by atoms with Crippen LogP contribution in [0.5, 0.6) is 0 Å². The normalized spacial score (nSPS) is 9.83. The van der Waals surface area contributed by atoms with Gasteiger partial charge in [-0.05, 0) is 29.8 Å². The molecular formula is C13H9ClFN3. The van der Waals surface area contributed by atoms with E-state index in [0.29, 0.717) is 22.8 Å². The van der Waals surface area contributed by atoms with E-state index in [1.54, 1.807) is 18.3 Å². The second-order valence-corrected chi connectivity index (χ2v) is 4.03. The Morgan fingerprint density at radius 2 is 2.22 bits per heavy atom. The summed E-state index contributed by atoms with van der Waals surface area (Å²) in [5.74, 6) is -0.459. The highest BCUT2D eigenvalue weighted by Crippen LogP contribution is 2.19. The highest BCUT2D eigenvalue weighted by Gasteiger charge is 2.04. The monoisotopic (exact) mass is 261 g/mol. The molecule has 0 unspecified atom stereocenters. The summed E-state index contributed by atoms with van der Waals surface area (Å²) >= 11 is 5.94. The quantitative estimate of drug-likeness (QED) is 0.922. The molecule has 0 aliphatic rings. The summed E-state index contributed by atoms with van der Waals surface area (Å²) in [4.78, 5) is 3.87. The third-order valence-corrected chi connectivity index (χ3v) is 2.76. The number of anilines is 1. The first-order chi connectivity index (χ1) is 8.70. The molecule has 0 fully saturated rings. The Labute approximate surface area is 109 Å². The zero-order valence-electron chi connectivity index (χ0n) is 9.32. The van der Waals surface area contributed by atoms with Gasteiger partial charge >= 0.3 is 0 Å². The van der Waals surface area contributed by atoms with E-state index in [1.165, 1.54) is 18.3 Å². The van der Waals surface area contributed by atoms with E-state index in [1.807, 2.05) is 6.07 Å². The summed E-state index contributed by atoms with van der Waals surface area (Å²) in [7, 11) is 0. The number of nitriles is 1. The van der Waals surface area contributed by atoms with Crippen LogP contribution in [0.25, 0.3) is 0 Å². The van der Waals surface area contributed by atoms with Gasteiger partial charge in [-0.1, -0.05) is 11.6 Å². The lowest BCUT2D eigenvalue weighted by molar-refractivity contribution is 0.629. The fourth-order valence-corrected chi connectivity index (χ4v) is 1.65. The molecule has 0 bridgehead atoms. The van der Waals surface area contributed by atoms with Crippen molar-refractivity contribution in [1.82, 2.24) is 4.98 Å². The second kappa shape index (κ2) is 5.48. The fraction of sp³-hybridized carbons (Fsp3) is 0.0769. The largest absolute Gasteiger partial charge is 0.379 e.